The number of nitrogens with one attached hydrogen (secondary N) is 2. The summed E-state index contributed by atoms with van der Waals surface area (Å²) in [6, 6.07) is 21.0. The van der Waals surface area contributed by atoms with Gasteiger partial charge in [0.2, 0.25) is 5.91 Å². The molecular formula is C28H32N4O2. The molecule has 0 bridgehead atoms. The maximum absolute atomic E-state index is 13.0. The molecule has 1 spiro atoms. The van der Waals surface area contributed by atoms with Crippen molar-refractivity contribution in [2.75, 3.05) is 19.6 Å². The van der Waals surface area contributed by atoms with Crippen molar-refractivity contribution in [2.45, 2.75) is 38.5 Å². The van der Waals surface area contributed by atoms with E-state index in [1.54, 1.807) is 6.20 Å². The zero-order chi connectivity index (χ0) is 23.5. The number of hydrogen-bond acceptors (Lipinski definition) is 3. The lowest BCUT2D eigenvalue weighted by molar-refractivity contribution is -0.123. The molecular weight excluding hydrogens is 424 g/mol. The molecule has 1 saturated carbocycles. The normalized spacial score (nSPS) is 18.8. The maximum Gasteiger partial charge on any atom is 0.289 e. The molecule has 2 fully saturated rings. The molecule has 6 nitrogen and oxygen atoms in total. The van der Waals surface area contributed by atoms with E-state index in [0.717, 1.165) is 31.4 Å². The Kier molecular flexibility index (Phi) is 6.22. The van der Waals surface area contributed by atoms with Crippen LogP contribution in [0, 0.1) is 18.3 Å². The van der Waals surface area contributed by atoms with E-state index in [-0.39, 0.29) is 29.1 Å². The van der Waals surface area contributed by atoms with E-state index in [9.17, 15) is 9.59 Å². The minimum atomic E-state index is -0.0440. The van der Waals surface area contributed by atoms with Crippen molar-refractivity contribution in [1.82, 2.24) is 20.2 Å². The van der Waals surface area contributed by atoms with Gasteiger partial charge in [-0.2, -0.15) is 0 Å². The van der Waals surface area contributed by atoms with Crippen molar-refractivity contribution < 1.29 is 9.59 Å². The lowest BCUT2D eigenvalue weighted by Crippen LogP contribution is -2.41. The second kappa shape index (κ2) is 9.45. The minimum absolute atomic E-state index is 0.0440. The van der Waals surface area contributed by atoms with Gasteiger partial charge in [-0.05, 0) is 49.1 Å². The van der Waals surface area contributed by atoms with Crippen molar-refractivity contribution in [3.8, 4) is 0 Å². The number of aryl methyl sites for hydroxylation is 1. The highest BCUT2D eigenvalue weighted by atomic mass is 16.2. The van der Waals surface area contributed by atoms with Gasteiger partial charge in [0.15, 0.2) is 5.82 Å². The molecule has 2 N–H and O–H groups in total. The van der Waals surface area contributed by atoms with Gasteiger partial charge >= 0.3 is 0 Å². The second-order valence-corrected chi connectivity index (χ2v) is 9.78. The van der Waals surface area contributed by atoms with Crippen LogP contribution in [0.2, 0.25) is 0 Å². The van der Waals surface area contributed by atoms with Gasteiger partial charge in [0.05, 0.1) is 0 Å². The van der Waals surface area contributed by atoms with E-state index in [4.69, 9.17) is 0 Å². The molecule has 3 aromatic rings. The Labute approximate surface area is 200 Å². The number of aromatic nitrogens is 2. The molecule has 2 amide bonds. The topological polar surface area (TPSA) is 78.1 Å². The molecule has 2 aliphatic rings. The van der Waals surface area contributed by atoms with Crippen LogP contribution in [0.4, 0.5) is 0 Å². The molecule has 2 heterocycles. The second-order valence-electron chi connectivity index (χ2n) is 9.78. The standard InChI is InChI=1S/C28H32N4O2/c1-20-19-30-25(31-20)27(34)32-16-13-28(14-17-32)18-24(28)26(33)29-15-12-23(21-8-4-2-5-9-21)22-10-6-3-7-11-22/h2-11,19,23-24H,12-18H2,1H3,(H,29,33)(H,30,31). The smallest absolute Gasteiger partial charge is 0.289 e. The van der Waals surface area contributed by atoms with Crippen LogP contribution < -0.4 is 5.32 Å². The van der Waals surface area contributed by atoms with Crippen LogP contribution in [0.1, 0.15) is 59.0 Å². The zero-order valence-corrected chi connectivity index (χ0v) is 19.7. The monoisotopic (exact) mass is 456 g/mol. The van der Waals surface area contributed by atoms with Crippen molar-refractivity contribution >= 4 is 11.8 Å². The molecule has 176 valence electrons. The summed E-state index contributed by atoms with van der Waals surface area (Å²) < 4.78 is 0. The molecule has 2 aromatic carbocycles. The first-order valence-corrected chi connectivity index (χ1v) is 12.2. The number of piperidine rings is 1. The van der Waals surface area contributed by atoms with E-state index in [0.29, 0.717) is 25.5 Å². The van der Waals surface area contributed by atoms with Crippen molar-refractivity contribution in [1.29, 1.82) is 0 Å². The SMILES string of the molecule is Cc1cnc(C(=O)N2CCC3(CC2)CC3C(=O)NCCC(c2ccccc2)c2ccccc2)[nH]1. The van der Waals surface area contributed by atoms with Gasteiger partial charge in [-0.25, -0.2) is 4.98 Å². The predicted molar refractivity (Wildman–Crippen MR) is 131 cm³/mol. The number of nitrogens with zero attached hydrogens (tertiary/aromatic N) is 2. The molecule has 1 atom stereocenters. The Balaban J connectivity index is 1.13. The quantitative estimate of drug-likeness (QED) is 0.556. The van der Waals surface area contributed by atoms with Crippen LogP contribution in [0.25, 0.3) is 0 Å². The number of amides is 2. The van der Waals surface area contributed by atoms with Crippen LogP contribution in [0.5, 0.6) is 0 Å². The molecule has 34 heavy (non-hydrogen) atoms. The van der Waals surface area contributed by atoms with Crippen molar-refractivity contribution in [3.63, 3.8) is 0 Å². The Morgan fingerprint density at radius 3 is 2.24 bits per heavy atom. The Morgan fingerprint density at radius 1 is 1.06 bits per heavy atom. The molecule has 1 aromatic heterocycles. The van der Waals surface area contributed by atoms with E-state index in [2.05, 4.69) is 63.8 Å². The Hall–Kier alpha value is -3.41. The van der Waals surface area contributed by atoms with Crippen LogP contribution in [0.3, 0.4) is 0 Å². The van der Waals surface area contributed by atoms with Crippen LogP contribution in [-0.4, -0.2) is 46.3 Å². The van der Waals surface area contributed by atoms with Crippen molar-refractivity contribution in [3.05, 3.63) is 89.5 Å². The number of H-pyrrole nitrogens is 1. The number of hydrogen-bond donors (Lipinski definition) is 2. The summed E-state index contributed by atoms with van der Waals surface area (Å²) in [7, 11) is 0. The number of carbonyl (C=O) groups excluding carboxylic acids is 2. The highest BCUT2D eigenvalue weighted by Gasteiger charge is 2.58. The maximum atomic E-state index is 13.0. The number of imidazole rings is 1. The zero-order valence-electron chi connectivity index (χ0n) is 19.7. The number of likely N-dealkylation sites (tertiary alicyclic amines) is 1. The predicted octanol–water partition coefficient (Wildman–Crippen LogP) is 4.30. The van der Waals surface area contributed by atoms with Gasteiger partial charge in [-0.1, -0.05) is 60.7 Å². The van der Waals surface area contributed by atoms with Gasteiger partial charge in [-0.3, -0.25) is 9.59 Å². The van der Waals surface area contributed by atoms with E-state index in [1.165, 1.54) is 11.1 Å². The Bertz CT molecular complexity index is 1090. The first kappa shape index (κ1) is 22.4. The summed E-state index contributed by atoms with van der Waals surface area (Å²) in [6.07, 6.45) is 5.24. The fourth-order valence-corrected chi connectivity index (χ4v) is 5.46. The number of carbonyl (C=O) groups is 2. The van der Waals surface area contributed by atoms with Gasteiger partial charge in [-0.15, -0.1) is 0 Å². The highest BCUT2D eigenvalue weighted by molar-refractivity contribution is 5.90. The molecule has 1 saturated heterocycles. The summed E-state index contributed by atoms with van der Waals surface area (Å²) in [5, 5.41) is 3.21. The highest BCUT2D eigenvalue weighted by Crippen LogP contribution is 2.59. The van der Waals surface area contributed by atoms with Gasteiger partial charge in [0.1, 0.15) is 0 Å². The molecule has 6 heteroatoms. The minimum Gasteiger partial charge on any atom is -0.356 e. The fraction of sp³-hybridized carbons (Fsp3) is 0.393. The first-order chi connectivity index (χ1) is 16.6. The van der Waals surface area contributed by atoms with Crippen LogP contribution in [0.15, 0.2) is 66.9 Å². The van der Waals surface area contributed by atoms with E-state index >= 15 is 0 Å². The third-order valence-electron chi connectivity index (χ3n) is 7.59. The fourth-order valence-electron chi connectivity index (χ4n) is 5.46. The molecule has 1 unspecified atom stereocenters. The van der Waals surface area contributed by atoms with Crippen LogP contribution >= 0.6 is 0 Å². The largest absolute Gasteiger partial charge is 0.356 e. The lowest BCUT2D eigenvalue weighted by atomic mass is 9.88. The van der Waals surface area contributed by atoms with E-state index < -0.39 is 0 Å². The average molecular weight is 457 g/mol. The summed E-state index contributed by atoms with van der Waals surface area (Å²) in [6.45, 7) is 3.92. The molecule has 0 radical (unpaired) electrons. The number of benzene rings is 2. The number of aromatic amines is 1. The molecule has 1 aliphatic heterocycles. The van der Waals surface area contributed by atoms with E-state index in [1.807, 2.05) is 24.0 Å². The van der Waals surface area contributed by atoms with Gasteiger partial charge in [0.25, 0.3) is 5.91 Å². The summed E-state index contributed by atoms with van der Waals surface area (Å²) in [5.41, 5.74) is 3.50. The summed E-state index contributed by atoms with van der Waals surface area (Å²) >= 11 is 0. The number of rotatable bonds is 7. The average Bonchev–Trinajstić information content (AvgIpc) is 3.40. The molecule has 1 aliphatic carbocycles. The summed E-state index contributed by atoms with van der Waals surface area (Å²) in [5.74, 6) is 0.863. The lowest BCUT2D eigenvalue weighted by Gasteiger charge is -2.32. The van der Waals surface area contributed by atoms with Gasteiger partial charge < -0.3 is 15.2 Å². The third kappa shape index (κ3) is 4.63. The van der Waals surface area contributed by atoms with Crippen LogP contribution in [-0.2, 0) is 4.79 Å². The van der Waals surface area contributed by atoms with Gasteiger partial charge in [0, 0.05) is 43.4 Å². The summed E-state index contributed by atoms with van der Waals surface area (Å²) in [4.78, 5) is 34.7. The van der Waals surface area contributed by atoms with Crippen molar-refractivity contribution in [2.24, 2.45) is 11.3 Å². The first-order valence-electron chi connectivity index (χ1n) is 12.2. The molecule has 5 rings (SSSR count). The Morgan fingerprint density at radius 2 is 1.68 bits per heavy atom. The third-order valence-corrected chi connectivity index (χ3v) is 7.59.